The van der Waals surface area contributed by atoms with Gasteiger partial charge in [0, 0.05) is 17.1 Å². The average molecular weight is 287 g/mol. The summed E-state index contributed by atoms with van der Waals surface area (Å²) in [6.07, 6.45) is 0. The van der Waals surface area contributed by atoms with Crippen LogP contribution >= 0.6 is 0 Å². The van der Waals surface area contributed by atoms with Gasteiger partial charge in [0.1, 0.15) is 0 Å². The molecule has 0 atom stereocenters. The fourth-order valence-electron chi connectivity index (χ4n) is 2.53. The summed E-state index contributed by atoms with van der Waals surface area (Å²) in [7, 11) is 0. The quantitative estimate of drug-likeness (QED) is 0.564. The summed E-state index contributed by atoms with van der Waals surface area (Å²) >= 11 is 0. The van der Waals surface area contributed by atoms with Gasteiger partial charge in [-0.2, -0.15) is 0 Å². The second kappa shape index (κ2) is 6.07. The van der Waals surface area contributed by atoms with E-state index in [0.29, 0.717) is 0 Å². The van der Waals surface area contributed by atoms with Crippen LogP contribution in [0.1, 0.15) is 16.7 Å². The van der Waals surface area contributed by atoms with Crippen molar-refractivity contribution in [3.05, 3.63) is 89.5 Å². The zero-order chi connectivity index (χ0) is 15.5. The first-order valence-corrected chi connectivity index (χ1v) is 7.63. The van der Waals surface area contributed by atoms with Crippen LogP contribution in [0.2, 0.25) is 0 Å². The Kier molecular flexibility index (Phi) is 3.97. The Hall–Kier alpha value is -2.54. The molecule has 22 heavy (non-hydrogen) atoms. The van der Waals surface area contributed by atoms with E-state index in [-0.39, 0.29) is 0 Å². The Morgan fingerprint density at radius 3 is 0.864 bits per heavy atom. The highest BCUT2D eigenvalue weighted by atomic mass is 15.1. The van der Waals surface area contributed by atoms with Gasteiger partial charge >= 0.3 is 0 Å². The van der Waals surface area contributed by atoms with E-state index in [1.165, 1.54) is 33.8 Å². The van der Waals surface area contributed by atoms with Gasteiger partial charge in [0.15, 0.2) is 0 Å². The number of anilines is 3. The van der Waals surface area contributed by atoms with E-state index in [4.69, 9.17) is 0 Å². The third kappa shape index (κ3) is 3.04. The maximum absolute atomic E-state index is 2.29. The molecule has 0 N–H and O–H groups in total. The highest BCUT2D eigenvalue weighted by molar-refractivity contribution is 5.76. The molecule has 0 heterocycles. The van der Waals surface area contributed by atoms with Gasteiger partial charge in [0.05, 0.1) is 0 Å². The standard InChI is InChI=1S/C21H21N/c1-16-4-10-19(11-5-16)22(20-12-6-17(2)7-13-20)21-14-8-18(3)9-15-21/h4-15H,1-3H3. The van der Waals surface area contributed by atoms with Crippen LogP contribution in [0.15, 0.2) is 72.8 Å². The Morgan fingerprint density at radius 2 is 0.636 bits per heavy atom. The van der Waals surface area contributed by atoms with Crippen LogP contribution in [0.25, 0.3) is 0 Å². The van der Waals surface area contributed by atoms with Gasteiger partial charge in [-0.1, -0.05) is 53.1 Å². The Bertz CT molecular complexity index is 629. The Labute approximate surface area is 132 Å². The lowest BCUT2D eigenvalue weighted by Gasteiger charge is -2.25. The molecule has 0 amide bonds. The van der Waals surface area contributed by atoms with Crippen LogP contribution in [0.4, 0.5) is 17.1 Å². The van der Waals surface area contributed by atoms with E-state index in [9.17, 15) is 0 Å². The molecule has 0 bridgehead atoms. The van der Waals surface area contributed by atoms with E-state index in [0.717, 1.165) is 0 Å². The third-order valence-electron chi connectivity index (χ3n) is 3.88. The van der Waals surface area contributed by atoms with Crippen molar-refractivity contribution in [1.29, 1.82) is 0 Å². The van der Waals surface area contributed by atoms with Gasteiger partial charge < -0.3 is 4.90 Å². The molecule has 1 heteroatoms. The van der Waals surface area contributed by atoms with Gasteiger partial charge in [-0.05, 0) is 57.2 Å². The van der Waals surface area contributed by atoms with Gasteiger partial charge in [0.25, 0.3) is 0 Å². The van der Waals surface area contributed by atoms with Crippen molar-refractivity contribution in [2.75, 3.05) is 4.90 Å². The third-order valence-corrected chi connectivity index (χ3v) is 3.88. The van der Waals surface area contributed by atoms with Crippen LogP contribution in [-0.4, -0.2) is 0 Å². The zero-order valence-electron chi connectivity index (χ0n) is 13.4. The first-order chi connectivity index (χ1) is 10.6. The molecule has 110 valence electrons. The van der Waals surface area contributed by atoms with E-state index < -0.39 is 0 Å². The van der Waals surface area contributed by atoms with Crippen LogP contribution in [-0.2, 0) is 0 Å². The number of hydrogen-bond donors (Lipinski definition) is 0. The van der Waals surface area contributed by atoms with Crippen molar-refractivity contribution in [2.45, 2.75) is 20.8 Å². The molecule has 0 radical (unpaired) electrons. The maximum atomic E-state index is 2.29. The average Bonchev–Trinajstić information content (AvgIpc) is 2.53. The number of hydrogen-bond acceptors (Lipinski definition) is 1. The van der Waals surface area contributed by atoms with E-state index >= 15 is 0 Å². The number of benzene rings is 3. The monoisotopic (exact) mass is 287 g/mol. The van der Waals surface area contributed by atoms with E-state index in [1.807, 2.05) is 0 Å². The highest BCUT2D eigenvalue weighted by Gasteiger charge is 2.11. The molecule has 0 spiro atoms. The summed E-state index contributed by atoms with van der Waals surface area (Å²) in [6, 6.07) is 26.0. The summed E-state index contributed by atoms with van der Waals surface area (Å²) in [5.74, 6) is 0. The Balaban J connectivity index is 2.10. The summed E-state index contributed by atoms with van der Waals surface area (Å²) in [6.45, 7) is 6.35. The molecule has 0 aromatic heterocycles. The molecular formula is C21H21N. The Morgan fingerprint density at radius 1 is 0.409 bits per heavy atom. The predicted molar refractivity (Wildman–Crippen MR) is 95.3 cm³/mol. The molecule has 0 fully saturated rings. The molecule has 3 rings (SSSR count). The number of rotatable bonds is 3. The lowest BCUT2D eigenvalue weighted by molar-refractivity contribution is 1.26. The number of aryl methyl sites for hydroxylation is 3. The lowest BCUT2D eigenvalue weighted by Crippen LogP contribution is -2.09. The minimum atomic E-state index is 1.18. The summed E-state index contributed by atoms with van der Waals surface area (Å²) in [4.78, 5) is 2.29. The van der Waals surface area contributed by atoms with Crippen molar-refractivity contribution in [3.63, 3.8) is 0 Å². The molecule has 3 aromatic rings. The molecule has 0 saturated heterocycles. The first-order valence-electron chi connectivity index (χ1n) is 7.63. The minimum absolute atomic E-state index is 1.18. The van der Waals surface area contributed by atoms with Crippen LogP contribution < -0.4 is 4.90 Å². The molecule has 0 aliphatic heterocycles. The van der Waals surface area contributed by atoms with Gasteiger partial charge in [-0.25, -0.2) is 0 Å². The van der Waals surface area contributed by atoms with Crippen LogP contribution in [0.5, 0.6) is 0 Å². The van der Waals surface area contributed by atoms with Crippen LogP contribution in [0, 0.1) is 20.8 Å². The minimum Gasteiger partial charge on any atom is -0.311 e. The topological polar surface area (TPSA) is 3.24 Å². The maximum Gasteiger partial charge on any atom is 0.0461 e. The second-order valence-corrected chi connectivity index (χ2v) is 5.84. The molecular weight excluding hydrogens is 266 g/mol. The fourth-order valence-corrected chi connectivity index (χ4v) is 2.53. The summed E-state index contributed by atoms with van der Waals surface area (Å²) in [5.41, 5.74) is 7.36. The summed E-state index contributed by atoms with van der Waals surface area (Å²) < 4.78 is 0. The summed E-state index contributed by atoms with van der Waals surface area (Å²) in [5, 5.41) is 0. The first kappa shape index (κ1) is 14.4. The highest BCUT2D eigenvalue weighted by Crippen LogP contribution is 2.34. The molecule has 0 unspecified atom stereocenters. The van der Waals surface area contributed by atoms with Crippen molar-refractivity contribution in [3.8, 4) is 0 Å². The molecule has 0 aliphatic carbocycles. The van der Waals surface area contributed by atoms with E-state index in [2.05, 4.69) is 98.5 Å². The fraction of sp³-hybridized carbons (Fsp3) is 0.143. The van der Waals surface area contributed by atoms with Crippen LogP contribution in [0.3, 0.4) is 0 Å². The smallest absolute Gasteiger partial charge is 0.0461 e. The zero-order valence-corrected chi connectivity index (χ0v) is 13.4. The van der Waals surface area contributed by atoms with Gasteiger partial charge in [-0.3, -0.25) is 0 Å². The molecule has 1 nitrogen and oxygen atoms in total. The largest absolute Gasteiger partial charge is 0.311 e. The lowest BCUT2D eigenvalue weighted by atomic mass is 10.1. The van der Waals surface area contributed by atoms with Gasteiger partial charge in [-0.15, -0.1) is 0 Å². The van der Waals surface area contributed by atoms with Crippen molar-refractivity contribution < 1.29 is 0 Å². The second-order valence-electron chi connectivity index (χ2n) is 5.84. The van der Waals surface area contributed by atoms with Gasteiger partial charge in [0.2, 0.25) is 0 Å². The SMILES string of the molecule is Cc1ccc(N(c2ccc(C)cc2)c2ccc(C)cc2)cc1. The normalized spacial score (nSPS) is 10.5. The van der Waals surface area contributed by atoms with E-state index in [1.54, 1.807) is 0 Å². The number of nitrogens with zero attached hydrogens (tertiary/aromatic N) is 1. The molecule has 3 aromatic carbocycles. The molecule has 0 saturated carbocycles. The van der Waals surface area contributed by atoms with Crippen molar-refractivity contribution >= 4 is 17.1 Å². The van der Waals surface area contributed by atoms with Crippen molar-refractivity contribution in [2.24, 2.45) is 0 Å². The predicted octanol–water partition coefficient (Wildman–Crippen LogP) is 6.08. The van der Waals surface area contributed by atoms with Crippen molar-refractivity contribution in [1.82, 2.24) is 0 Å². The molecule has 0 aliphatic rings.